The van der Waals surface area contributed by atoms with Gasteiger partial charge in [0, 0.05) is 81.2 Å². The van der Waals surface area contributed by atoms with Crippen LogP contribution < -0.4 is 20.3 Å². The maximum atomic E-state index is 13.8. The summed E-state index contributed by atoms with van der Waals surface area (Å²) in [6.07, 6.45) is 6.07. The van der Waals surface area contributed by atoms with Crippen LogP contribution in [0.1, 0.15) is 30.9 Å². The number of piperazine rings is 1. The number of rotatable bonds is 10. The lowest BCUT2D eigenvalue weighted by Gasteiger charge is -2.43. The van der Waals surface area contributed by atoms with Crippen molar-refractivity contribution in [2.45, 2.75) is 43.5 Å². The number of anilines is 5. The maximum Gasteiger partial charge on any atom is 0.573 e. The number of piperidine rings is 1. The monoisotopic (exact) mass is 679 g/mol. The molecule has 2 aromatic heterocycles. The van der Waals surface area contributed by atoms with E-state index in [1.165, 1.54) is 17.8 Å². The molecule has 0 radical (unpaired) electrons. The first-order valence-corrected chi connectivity index (χ1v) is 17.3. The summed E-state index contributed by atoms with van der Waals surface area (Å²) in [5.41, 5.74) is 4.66. The van der Waals surface area contributed by atoms with Crippen LogP contribution in [0.5, 0.6) is 5.75 Å². The first-order valence-electron chi connectivity index (χ1n) is 16.1. The quantitative estimate of drug-likeness (QED) is 0.171. The zero-order chi connectivity index (χ0) is 33.8. The SMILES string of the molecule is C=Cc1cnc(Nc2cc(CC)c(N3CCC(N4CCN(C)CC4)CC3)cc2OC(F)(F)F)nc1Nc1ccc2nccnc2c1SC. The van der Waals surface area contributed by atoms with Crippen molar-refractivity contribution in [1.29, 1.82) is 0 Å². The number of hydrogen-bond acceptors (Lipinski definition) is 11. The number of halogens is 3. The summed E-state index contributed by atoms with van der Waals surface area (Å²) >= 11 is 1.51. The molecule has 4 heterocycles. The van der Waals surface area contributed by atoms with Crippen LogP contribution in [0.2, 0.25) is 0 Å². The van der Waals surface area contributed by atoms with E-state index in [-0.39, 0.29) is 17.4 Å². The number of aryl methyl sites for hydroxylation is 1. The molecular weight excluding hydrogens is 639 g/mol. The maximum absolute atomic E-state index is 13.8. The van der Waals surface area contributed by atoms with E-state index in [9.17, 15) is 13.2 Å². The highest BCUT2D eigenvalue weighted by Crippen LogP contribution is 2.40. The number of likely N-dealkylation sites (N-methyl/N-ethyl adjacent to an activating group) is 1. The predicted octanol–water partition coefficient (Wildman–Crippen LogP) is 6.95. The van der Waals surface area contributed by atoms with E-state index < -0.39 is 6.36 Å². The van der Waals surface area contributed by atoms with Gasteiger partial charge in [-0.15, -0.1) is 24.9 Å². The van der Waals surface area contributed by atoms with E-state index in [1.54, 1.807) is 30.7 Å². The molecule has 2 aliphatic heterocycles. The molecule has 0 unspecified atom stereocenters. The Morgan fingerprint density at radius 1 is 1.00 bits per heavy atom. The van der Waals surface area contributed by atoms with E-state index in [2.05, 4.69) is 63.6 Å². The second kappa shape index (κ2) is 14.5. The number of thioether (sulfide) groups is 1. The Labute approximate surface area is 282 Å². The Bertz CT molecular complexity index is 1760. The second-order valence-electron chi connectivity index (χ2n) is 12.0. The van der Waals surface area contributed by atoms with Gasteiger partial charge < -0.3 is 25.2 Å². The van der Waals surface area contributed by atoms with Gasteiger partial charge in [0.2, 0.25) is 5.95 Å². The third kappa shape index (κ3) is 7.61. The van der Waals surface area contributed by atoms with Gasteiger partial charge in [-0.05, 0) is 56.3 Å². The zero-order valence-corrected chi connectivity index (χ0v) is 28.2. The number of nitrogens with one attached hydrogen (secondary N) is 2. The standard InChI is InChI=1S/C34H40F3N9OS/c1-5-22-19-27(29(47-34(35,36)37)20-28(22)46-13-9-24(10-14-46)45-17-15-44(3)16-18-45)42-33-40-21-23(6-2)32(43-33)41-26-8-7-25-30(31(26)48-4)39-12-11-38-25/h6-8,11-12,19-21,24H,2,5,9-10,13-18H2,1,3-4H3,(H2,40,41,42,43). The Hall–Kier alpha value is -4.14. The Kier molecular flexibility index (Phi) is 10.2. The van der Waals surface area contributed by atoms with Gasteiger partial charge in [-0.25, -0.2) is 4.98 Å². The third-order valence-electron chi connectivity index (χ3n) is 8.98. The molecule has 0 atom stereocenters. The number of hydrogen-bond donors (Lipinski definition) is 2. The molecule has 2 aromatic carbocycles. The fourth-order valence-corrected chi connectivity index (χ4v) is 7.11. The first-order chi connectivity index (χ1) is 23.1. The number of benzene rings is 2. The lowest BCUT2D eigenvalue weighted by atomic mass is 9.99. The van der Waals surface area contributed by atoms with E-state index in [0.29, 0.717) is 23.8 Å². The zero-order valence-electron chi connectivity index (χ0n) is 27.3. The van der Waals surface area contributed by atoms with Crippen LogP contribution in [0.3, 0.4) is 0 Å². The van der Waals surface area contributed by atoms with Crippen LogP contribution in [0.15, 0.2) is 54.3 Å². The summed E-state index contributed by atoms with van der Waals surface area (Å²) in [6.45, 7) is 11.6. The van der Waals surface area contributed by atoms with Gasteiger partial charge >= 0.3 is 6.36 Å². The molecule has 0 amide bonds. The third-order valence-corrected chi connectivity index (χ3v) is 9.80. The van der Waals surface area contributed by atoms with Crippen LogP contribution in [-0.4, -0.2) is 94.7 Å². The van der Waals surface area contributed by atoms with Gasteiger partial charge in [0.05, 0.1) is 21.8 Å². The molecule has 6 rings (SSSR count). The summed E-state index contributed by atoms with van der Waals surface area (Å²) < 4.78 is 45.9. The molecule has 10 nitrogen and oxygen atoms in total. The van der Waals surface area contributed by atoms with Crippen molar-refractivity contribution in [2.24, 2.45) is 0 Å². The summed E-state index contributed by atoms with van der Waals surface area (Å²) in [4.78, 5) is 25.9. The molecule has 0 spiro atoms. The van der Waals surface area contributed by atoms with Gasteiger partial charge in [0.1, 0.15) is 11.3 Å². The molecule has 0 aliphatic carbocycles. The topological polar surface area (TPSA) is 94.6 Å². The highest BCUT2D eigenvalue weighted by atomic mass is 32.2. The number of nitrogens with zero attached hydrogens (tertiary/aromatic N) is 7. The molecule has 2 saturated heterocycles. The lowest BCUT2D eigenvalue weighted by molar-refractivity contribution is -0.274. The largest absolute Gasteiger partial charge is 0.573 e. The van der Waals surface area contributed by atoms with Crippen LogP contribution in [0, 0.1) is 0 Å². The minimum Gasteiger partial charge on any atom is -0.403 e. The number of aromatic nitrogens is 4. The van der Waals surface area contributed by atoms with Gasteiger partial charge in [-0.1, -0.05) is 19.6 Å². The lowest BCUT2D eigenvalue weighted by Crippen LogP contribution is -2.52. The van der Waals surface area contributed by atoms with Gasteiger partial charge in [-0.3, -0.25) is 14.9 Å². The Balaban J connectivity index is 1.27. The average Bonchev–Trinajstić information content (AvgIpc) is 3.08. The predicted molar refractivity (Wildman–Crippen MR) is 187 cm³/mol. The Morgan fingerprint density at radius 2 is 1.75 bits per heavy atom. The molecule has 48 heavy (non-hydrogen) atoms. The van der Waals surface area contributed by atoms with Gasteiger partial charge in [0.25, 0.3) is 0 Å². The van der Waals surface area contributed by atoms with Crippen molar-refractivity contribution in [2.75, 3.05) is 68.1 Å². The molecule has 2 aliphatic rings. The molecule has 14 heteroatoms. The van der Waals surface area contributed by atoms with E-state index in [0.717, 1.165) is 85.0 Å². The molecule has 0 saturated carbocycles. The molecule has 0 bridgehead atoms. The van der Waals surface area contributed by atoms with E-state index in [4.69, 9.17) is 0 Å². The number of ether oxygens (including phenoxy) is 1. The fraction of sp³-hybridized carbons (Fsp3) is 0.412. The fourth-order valence-electron chi connectivity index (χ4n) is 6.42. The minimum absolute atomic E-state index is 0.101. The van der Waals surface area contributed by atoms with Crippen LogP contribution in [-0.2, 0) is 6.42 Å². The first kappa shape index (κ1) is 33.7. The molecule has 2 fully saturated rings. The summed E-state index contributed by atoms with van der Waals surface area (Å²) in [5, 5.41) is 6.35. The minimum atomic E-state index is -4.89. The highest BCUT2D eigenvalue weighted by Gasteiger charge is 2.34. The smallest absolute Gasteiger partial charge is 0.403 e. The van der Waals surface area contributed by atoms with Gasteiger partial charge in [0.15, 0.2) is 5.75 Å². The van der Waals surface area contributed by atoms with Crippen molar-refractivity contribution < 1.29 is 17.9 Å². The van der Waals surface area contributed by atoms with Crippen molar-refractivity contribution in [3.8, 4) is 5.75 Å². The average molecular weight is 680 g/mol. The van der Waals surface area contributed by atoms with Crippen molar-refractivity contribution in [3.63, 3.8) is 0 Å². The van der Waals surface area contributed by atoms with Crippen molar-refractivity contribution in [1.82, 2.24) is 29.7 Å². The summed E-state index contributed by atoms with van der Waals surface area (Å²) in [6, 6.07) is 7.46. The molecule has 2 N–H and O–H groups in total. The van der Waals surface area contributed by atoms with E-state index >= 15 is 0 Å². The van der Waals surface area contributed by atoms with Crippen LogP contribution >= 0.6 is 11.8 Å². The van der Waals surface area contributed by atoms with Crippen LogP contribution in [0.25, 0.3) is 17.1 Å². The summed E-state index contributed by atoms with van der Waals surface area (Å²) in [5.74, 6) is 0.193. The molecular formula is C34H40F3N9OS. The summed E-state index contributed by atoms with van der Waals surface area (Å²) in [7, 11) is 2.15. The van der Waals surface area contributed by atoms with Gasteiger partial charge in [-0.2, -0.15) is 4.98 Å². The van der Waals surface area contributed by atoms with Crippen LogP contribution in [0.4, 0.5) is 42.0 Å². The van der Waals surface area contributed by atoms with Crippen molar-refractivity contribution in [3.05, 3.63) is 60.6 Å². The number of fused-ring (bicyclic) bond motifs is 1. The molecule has 4 aromatic rings. The normalized spacial score (nSPS) is 16.7. The number of alkyl halides is 3. The second-order valence-corrected chi connectivity index (χ2v) is 12.8. The van der Waals surface area contributed by atoms with Crippen molar-refractivity contribution >= 4 is 57.7 Å². The Morgan fingerprint density at radius 3 is 2.44 bits per heavy atom. The highest BCUT2D eigenvalue weighted by molar-refractivity contribution is 7.99. The van der Waals surface area contributed by atoms with E-state index in [1.807, 2.05) is 25.3 Å². The molecule has 254 valence electrons.